The van der Waals surface area contributed by atoms with Gasteiger partial charge in [0.2, 0.25) is 0 Å². The predicted molar refractivity (Wildman–Crippen MR) is 99.9 cm³/mol. The maximum absolute atomic E-state index is 13.0. The Morgan fingerprint density at radius 2 is 1.92 bits per heavy atom. The molecule has 0 aromatic heterocycles. The molecule has 1 fully saturated rings. The molecular formula is C21H23ClF3N. The number of rotatable bonds is 2. The zero-order valence-electron chi connectivity index (χ0n) is 14.6. The van der Waals surface area contributed by atoms with Gasteiger partial charge in [-0.1, -0.05) is 35.9 Å². The van der Waals surface area contributed by atoms with E-state index in [1.807, 2.05) is 0 Å². The maximum atomic E-state index is 13.0. The van der Waals surface area contributed by atoms with Crippen molar-refractivity contribution in [2.75, 3.05) is 6.54 Å². The molecule has 26 heavy (non-hydrogen) atoms. The van der Waals surface area contributed by atoms with Crippen LogP contribution in [0.2, 0.25) is 0 Å². The molecule has 1 saturated heterocycles. The summed E-state index contributed by atoms with van der Waals surface area (Å²) in [6.45, 7) is 2.96. The van der Waals surface area contributed by atoms with E-state index in [2.05, 4.69) is 36.5 Å². The summed E-state index contributed by atoms with van der Waals surface area (Å²) >= 11 is 0. The second-order valence-electron chi connectivity index (χ2n) is 7.43. The first-order valence-electron chi connectivity index (χ1n) is 8.91. The molecule has 1 aliphatic heterocycles. The Morgan fingerprint density at radius 3 is 2.65 bits per heavy atom. The normalized spacial score (nSPS) is 24.5. The second kappa shape index (κ2) is 7.24. The van der Waals surface area contributed by atoms with E-state index in [0.29, 0.717) is 17.9 Å². The molecule has 0 radical (unpaired) electrons. The highest BCUT2D eigenvalue weighted by Crippen LogP contribution is 2.43. The van der Waals surface area contributed by atoms with E-state index in [0.717, 1.165) is 36.9 Å². The summed E-state index contributed by atoms with van der Waals surface area (Å²) in [4.78, 5) is 0. The number of alkyl halides is 3. The summed E-state index contributed by atoms with van der Waals surface area (Å²) in [6, 6.07) is 13.3. The fraction of sp³-hybridized carbons (Fsp3) is 0.429. The lowest BCUT2D eigenvalue weighted by Crippen LogP contribution is -2.31. The average molecular weight is 382 g/mol. The van der Waals surface area contributed by atoms with E-state index in [1.54, 1.807) is 6.07 Å². The van der Waals surface area contributed by atoms with Crippen molar-refractivity contribution in [1.82, 2.24) is 5.32 Å². The zero-order chi connectivity index (χ0) is 17.6. The molecular weight excluding hydrogens is 359 g/mol. The number of nitrogens with one attached hydrogen (secondary N) is 1. The van der Waals surface area contributed by atoms with Crippen LogP contribution in [0.25, 0.3) is 0 Å². The third kappa shape index (κ3) is 3.63. The summed E-state index contributed by atoms with van der Waals surface area (Å²) in [5, 5.41) is 3.63. The number of benzene rings is 2. The number of aryl methyl sites for hydroxylation is 2. The van der Waals surface area contributed by atoms with Gasteiger partial charge < -0.3 is 5.32 Å². The van der Waals surface area contributed by atoms with Gasteiger partial charge in [0.05, 0.1) is 5.56 Å². The molecule has 1 heterocycles. The van der Waals surface area contributed by atoms with Crippen LogP contribution in [0.5, 0.6) is 0 Å². The van der Waals surface area contributed by atoms with Crippen LogP contribution in [0.1, 0.15) is 40.2 Å². The number of fused-ring (bicyclic) bond motifs is 3. The van der Waals surface area contributed by atoms with Gasteiger partial charge in [0.15, 0.2) is 0 Å². The van der Waals surface area contributed by atoms with Gasteiger partial charge in [-0.3, -0.25) is 0 Å². The van der Waals surface area contributed by atoms with Crippen molar-refractivity contribution in [3.8, 4) is 0 Å². The Hall–Kier alpha value is -1.52. The molecule has 0 amide bonds. The lowest BCUT2D eigenvalue weighted by Gasteiger charge is -2.31. The summed E-state index contributed by atoms with van der Waals surface area (Å²) < 4.78 is 38.9. The molecule has 3 atom stereocenters. The summed E-state index contributed by atoms with van der Waals surface area (Å²) in [6.07, 6.45) is -1.57. The van der Waals surface area contributed by atoms with Gasteiger partial charge in [-0.05, 0) is 60.9 Å². The maximum Gasteiger partial charge on any atom is 0.416 e. The molecule has 1 nitrogen and oxygen atoms in total. The first-order valence-corrected chi connectivity index (χ1v) is 8.91. The second-order valence-corrected chi connectivity index (χ2v) is 7.43. The van der Waals surface area contributed by atoms with Crippen LogP contribution in [0, 0.1) is 12.8 Å². The van der Waals surface area contributed by atoms with Crippen molar-refractivity contribution >= 4 is 12.4 Å². The standard InChI is InChI=1S/C21H22F3N.ClH/c1-13-3-2-4-14(9-13)10-20-18-7-5-15-11-16(21(22,23)24)6-8-17(15)19(18)12-25-20;/h2-4,6,8-9,11,18-20,25H,5,7,10,12H2,1H3;1H. The fourth-order valence-corrected chi connectivity index (χ4v) is 4.60. The van der Waals surface area contributed by atoms with Crippen LogP contribution < -0.4 is 5.32 Å². The predicted octanol–water partition coefficient (Wildman–Crippen LogP) is 5.30. The topological polar surface area (TPSA) is 12.0 Å². The minimum Gasteiger partial charge on any atom is -0.313 e. The summed E-state index contributed by atoms with van der Waals surface area (Å²) in [5.41, 5.74) is 4.07. The van der Waals surface area contributed by atoms with E-state index in [4.69, 9.17) is 0 Å². The molecule has 4 rings (SSSR count). The van der Waals surface area contributed by atoms with Crippen LogP contribution >= 0.6 is 12.4 Å². The summed E-state index contributed by atoms with van der Waals surface area (Å²) in [7, 11) is 0. The van der Waals surface area contributed by atoms with Gasteiger partial charge in [-0.25, -0.2) is 0 Å². The summed E-state index contributed by atoms with van der Waals surface area (Å²) in [5.74, 6) is 0.839. The highest BCUT2D eigenvalue weighted by Gasteiger charge is 2.40. The zero-order valence-corrected chi connectivity index (χ0v) is 15.5. The van der Waals surface area contributed by atoms with Crippen molar-refractivity contribution < 1.29 is 13.2 Å². The average Bonchev–Trinajstić information content (AvgIpc) is 2.97. The van der Waals surface area contributed by atoms with E-state index in [-0.39, 0.29) is 12.4 Å². The van der Waals surface area contributed by atoms with Crippen LogP contribution in [0.15, 0.2) is 42.5 Å². The Bertz CT molecular complexity index is 787. The van der Waals surface area contributed by atoms with Gasteiger partial charge in [0.25, 0.3) is 0 Å². The Labute approximate surface area is 158 Å². The van der Waals surface area contributed by atoms with Gasteiger partial charge in [-0.15, -0.1) is 12.4 Å². The molecule has 0 saturated carbocycles. The molecule has 5 heteroatoms. The highest BCUT2D eigenvalue weighted by molar-refractivity contribution is 5.85. The smallest absolute Gasteiger partial charge is 0.313 e. The van der Waals surface area contributed by atoms with Gasteiger partial charge >= 0.3 is 6.18 Å². The van der Waals surface area contributed by atoms with Gasteiger partial charge in [0, 0.05) is 18.5 Å². The monoisotopic (exact) mass is 381 g/mol. The van der Waals surface area contributed by atoms with E-state index in [9.17, 15) is 13.2 Å². The van der Waals surface area contributed by atoms with Crippen LogP contribution in [-0.2, 0) is 19.0 Å². The quantitative estimate of drug-likeness (QED) is 0.744. The molecule has 140 valence electrons. The van der Waals surface area contributed by atoms with E-state index in [1.165, 1.54) is 23.3 Å². The Balaban J connectivity index is 0.00000196. The molecule has 0 bridgehead atoms. The molecule has 0 spiro atoms. The SMILES string of the molecule is Cc1cccc(CC2NCC3c4ccc(C(F)(F)F)cc4CCC23)c1.Cl. The van der Waals surface area contributed by atoms with Crippen LogP contribution in [0.4, 0.5) is 13.2 Å². The number of hydrogen-bond acceptors (Lipinski definition) is 1. The largest absolute Gasteiger partial charge is 0.416 e. The Morgan fingerprint density at radius 1 is 1.12 bits per heavy atom. The minimum absolute atomic E-state index is 0. The minimum atomic E-state index is -4.26. The third-order valence-electron chi connectivity index (χ3n) is 5.79. The first-order chi connectivity index (χ1) is 11.9. The molecule has 3 unspecified atom stereocenters. The fourth-order valence-electron chi connectivity index (χ4n) is 4.60. The molecule has 1 N–H and O–H groups in total. The number of halogens is 4. The van der Waals surface area contributed by atoms with Crippen molar-refractivity contribution in [2.24, 2.45) is 5.92 Å². The van der Waals surface area contributed by atoms with Gasteiger partial charge in [0.1, 0.15) is 0 Å². The third-order valence-corrected chi connectivity index (χ3v) is 5.79. The van der Waals surface area contributed by atoms with Gasteiger partial charge in [-0.2, -0.15) is 13.2 Å². The molecule has 1 aliphatic carbocycles. The van der Waals surface area contributed by atoms with Crippen molar-refractivity contribution in [2.45, 2.75) is 44.3 Å². The first kappa shape index (κ1) is 19.2. The highest BCUT2D eigenvalue weighted by atomic mass is 35.5. The van der Waals surface area contributed by atoms with E-state index >= 15 is 0 Å². The van der Waals surface area contributed by atoms with Crippen LogP contribution in [-0.4, -0.2) is 12.6 Å². The lowest BCUT2D eigenvalue weighted by atomic mass is 9.73. The molecule has 2 aromatic carbocycles. The van der Waals surface area contributed by atoms with Crippen molar-refractivity contribution in [3.05, 3.63) is 70.3 Å². The Kier molecular flexibility index (Phi) is 5.36. The molecule has 2 aliphatic rings. The molecule has 2 aromatic rings. The number of hydrogen-bond donors (Lipinski definition) is 1. The van der Waals surface area contributed by atoms with Crippen molar-refractivity contribution in [1.29, 1.82) is 0 Å². The van der Waals surface area contributed by atoms with Crippen molar-refractivity contribution in [3.63, 3.8) is 0 Å². The van der Waals surface area contributed by atoms with E-state index < -0.39 is 11.7 Å². The van der Waals surface area contributed by atoms with Crippen LogP contribution in [0.3, 0.4) is 0 Å². The lowest BCUT2D eigenvalue weighted by molar-refractivity contribution is -0.137.